The van der Waals surface area contributed by atoms with Crippen LogP contribution in [0.4, 0.5) is 0 Å². The van der Waals surface area contributed by atoms with E-state index in [1.807, 2.05) is 31.2 Å². The molecule has 0 bridgehead atoms. The van der Waals surface area contributed by atoms with E-state index in [9.17, 15) is 4.79 Å². The molecule has 2 aliphatic heterocycles. The summed E-state index contributed by atoms with van der Waals surface area (Å²) in [6, 6.07) is 17.2. The Balaban J connectivity index is 0.00000256. The van der Waals surface area contributed by atoms with E-state index in [1.165, 1.54) is 37.7 Å². The maximum atomic E-state index is 13.3. The van der Waals surface area contributed by atoms with Gasteiger partial charge in [-0.15, -0.1) is 12.4 Å². The molecule has 2 aromatic rings. The van der Waals surface area contributed by atoms with Crippen LogP contribution in [0.15, 0.2) is 48.5 Å². The number of amides is 1. The van der Waals surface area contributed by atoms with E-state index in [-0.39, 0.29) is 24.4 Å². The van der Waals surface area contributed by atoms with Crippen LogP contribution in [0, 0.1) is 6.92 Å². The molecule has 2 saturated heterocycles. The van der Waals surface area contributed by atoms with Gasteiger partial charge < -0.3 is 10.1 Å². The van der Waals surface area contributed by atoms with Gasteiger partial charge in [0.25, 0.3) is 5.91 Å². The summed E-state index contributed by atoms with van der Waals surface area (Å²) in [5.74, 6) is 0.733. The van der Waals surface area contributed by atoms with Crippen LogP contribution in [0.5, 0.6) is 5.75 Å². The molecule has 2 aromatic carbocycles. The third-order valence-corrected chi connectivity index (χ3v) is 6.71. The SMILES string of the molecule is COc1cccc(C(=O)NC(c2ccccc2)C2CCCC3CCCCN32)c1C.Cl. The van der Waals surface area contributed by atoms with Gasteiger partial charge >= 0.3 is 0 Å². The molecule has 0 saturated carbocycles. The summed E-state index contributed by atoms with van der Waals surface area (Å²) in [6.07, 6.45) is 7.55. The predicted octanol–water partition coefficient (Wildman–Crippen LogP) is 5.30. The lowest BCUT2D eigenvalue weighted by Crippen LogP contribution is -2.54. The molecule has 2 heterocycles. The molecule has 0 spiro atoms. The minimum Gasteiger partial charge on any atom is -0.496 e. The molecule has 1 N–H and O–H groups in total. The lowest BCUT2D eigenvalue weighted by Gasteiger charge is -2.48. The fourth-order valence-electron chi connectivity index (χ4n) is 5.22. The van der Waals surface area contributed by atoms with Crippen LogP contribution in [-0.4, -0.2) is 36.5 Å². The third-order valence-electron chi connectivity index (χ3n) is 6.71. The lowest BCUT2D eigenvalue weighted by molar-refractivity contribution is 0.0311. The number of fused-ring (bicyclic) bond motifs is 1. The van der Waals surface area contributed by atoms with E-state index in [0.717, 1.165) is 24.3 Å². The smallest absolute Gasteiger partial charge is 0.252 e. The van der Waals surface area contributed by atoms with Gasteiger partial charge in [0.05, 0.1) is 13.2 Å². The minimum absolute atomic E-state index is 0. The molecule has 162 valence electrons. The number of carbonyl (C=O) groups is 1. The molecular formula is C25H33ClN2O2. The number of hydrogen-bond donors (Lipinski definition) is 1. The summed E-state index contributed by atoms with van der Waals surface area (Å²) in [5, 5.41) is 3.41. The van der Waals surface area contributed by atoms with Crippen molar-refractivity contribution in [2.24, 2.45) is 0 Å². The first kappa shape index (κ1) is 22.6. The summed E-state index contributed by atoms with van der Waals surface area (Å²) in [6.45, 7) is 3.10. The second kappa shape index (κ2) is 10.3. The first-order valence-electron chi connectivity index (χ1n) is 10.9. The predicted molar refractivity (Wildman–Crippen MR) is 124 cm³/mol. The van der Waals surface area contributed by atoms with Gasteiger partial charge in [-0.2, -0.15) is 0 Å². The van der Waals surface area contributed by atoms with Crippen molar-refractivity contribution in [3.8, 4) is 5.75 Å². The van der Waals surface area contributed by atoms with Gasteiger partial charge in [-0.1, -0.05) is 49.2 Å². The fourth-order valence-corrected chi connectivity index (χ4v) is 5.22. The molecule has 1 amide bonds. The molecule has 0 aromatic heterocycles. The van der Waals surface area contributed by atoms with E-state index in [0.29, 0.717) is 17.6 Å². The van der Waals surface area contributed by atoms with Crippen molar-refractivity contribution in [3.05, 3.63) is 65.2 Å². The third kappa shape index (κ3) is 4.65. The average molecular weight is 429 g/mol. The molecule has 0 radical (unpaired) electrons. The monoisotopic (exact) mass is 428 g/mol. The number of piperidine rings is 2. The highest BCUT2D eigenvalue weighted by molar-refractivity contribution is 5.96. The van der Waals surface area contributed by atoms with Crippen LogP contribution in [0.1, 0.15) is 66.1 Å². The average Bonchev–Trinajstić information content (AvgIpc) is 2.78. The van der Waals surface area contributed by atoms with Gasteiger partial charge in [-0.25, -0.2) is 0 Å². The Bertz CT molecular complexity index is 840. The van der Waals surface area contributed by atoms with Crippen LogP contribution in [0.2, 0.25) is 0 Å². The zero-order valence-electron chi connectivity index (χ0n) is 18.0. The fraction of sp³-hybridized carbons (Fsp3) is 0.480. The van der Waals surface area contributed by atoms with E-state index in [2.05, 4.69) is 34.5 Å². The zero-order valence-corrected chi connectivity index (χ0v) is 18.8. The van der Waals surface area contributed by atoms with Crippen molar-refractivity contribution >= 4 is 18.3 Å². The molecular weight excluding hydrogens is 396 g/mol. The molecule has 30 heavy (non-hydrogen) atoms. The molecule has 2 fully saturated rings. The van der Waals surface area contributed by atoms with E-state index < -0.39 is 0 Å². The number of hydrogen-bond acceptors (Lipinski definition) is 3. The Labute approximate surface area is 186 Å². The highest BCUT2D eigenvalue weighted by Gasteiger charge is 2.38. The van der Waals surface area contributed by atoms with Crippen LogP contribution >= 0.6 is 12.4 Å². The lowest BCUT2D eigenvalue weighted by atomic mass is 9.84. The number of ether oxygens (including phenoxy) is 1. The molecule has 4 rings (SSSR count). The van der Waals surface area contributed by atoms with E-state index >= 15 is 0 Å². The minimum atomic E-state index is -0.0191. The van der Waals surface area contributed by atoms with Crippen molar-refractivity contribution < 1.29 is 9.53 Å². The molecule has 3 atom stereocenters. The molecule has 4 nitrogen and oxygen atoms in total. The number of carbonyl (C=O) groups excluding carboxylic acids is 1. The molecule has 3 unspecified atom stereocenters. The van der Waals surface area contributed by atoms with Gasteiger partial charge in [0.15, 0.2) is 0 Å². The van der Waals surface area contributed by atoms with Crippen molar-refractivity contribution in [2.75, 3.05) is 13.7 Å². The molecule has 0 aliphatic carbocycles. The first-order chi connectivity index (χ1) is 14.2. The second-order valence-corrected chi connectivity index (χ2v) is 8.38. The number of nitrogens with zero attached hydrogens (tertiary/aromatic N) is 1. The van der Waals surface area contributed by atoms with Crippen molar-refractivity contribution in [1.29, 1.82) is 0 Å². The normalized spacial score (nSPS) is 22.3. The van der Waals surface area contributed by atoms with Gasteiger partial charge in [0, 0.05) is 23.2 Å². The maximum Gasteiger partial charge on any atom is 0.252 e. The number of halogens is 1. The summed E-state index contributed by atoms with van der Waals surface area (Å²) in [7, 11) is 1.65. The largest absolute Gasteiger partial charge is 0.496 e. The molecule has 5 heteroatoms. The Kier molecular flexibility index (Phi) is 7.79. The first-order valence-corrected chi connectivity index (χ1v) is 10.9. The van der Waals surface area contributed by atoms with Gasteiger partial charge in [-0.05, 0) is 56.8 Å². The van der Waals surface area contributed by atoms with Gasteiger partial charge in [-0.3, -0.25) is 9.69 Å². The maximum absolute atomic E-state index is 13.3. The highest BCUT2D eigenvalue weighted by atomic mass is 35.5. The van der Waals surface area contributed by atoms with Gasteiger partial charge in [0.2, 0.25) is 0 Å². The van der Waals surface area contributed by atoms with Crippen molar-refractivity contribution in [1.82, 2.24) is 10.2 Å². The van der Waals surface area contributed by atoms with Crippen molar-refractivity contribution in [2.45, 2.75) is 63.6 Å². The van der Waals surface area contributed by atoms with Crippen LogP contribution in [-0.2, 0) is 0 Å². The standard InChI is InChI=1S/C25H32N2O2.ClH/c1-18-21(14-9-16-23(18)29-2)25(28)26-24(19-10-4-3-5-11-19)22-15-8-13-20-12-6-7-17-27(20)22;/h3-5,9-11,14,16,20,22,24H,6-8,12-13,15,17H2,1-2H3,(H,26,28);1H. The Morgan fingerprint density at radius 2 is 1.80 bits per heavy atom. The van der Waals surface area contributed by atoms with Gasteiger partial charge in [0.1, 0.15) is 5.75 Å². The Morgan fingerprint density at radius 1 is 1.03 bits per heavy atom. The van der Waals surface area contributed by atoms with E-state index in [1.54, 1.807) is 7.11 Å². The number of benzene rings is 2. The van der Waals surface area contributed by atoms with Crippen LogP contribution < -0.4 is 10.1 Å². The van der Waals surface area contributed by atoms with Crippen LogP contribution in [0.25, 0.3) is 0 Å². The number of rotatable bonds is 5. The summed E-state index contributed by atoms with van der Waals surface area (Å²) in [4.78, 5) is 16.0. The summed E-state index contributed by atoms with van der Waals surface area (Å²) in [5.41, 5.74) is 2.77. The number of nitrogens with one attached hydrogen (secondary N) is 1. The Morgan fingerprint density at radius 3 is 2.57 bits per heavy atom. The van der Waals surface area contributed by atoms with Crippen molar-refractivity contribution in [3.63, 3.8) is 0 Å². The summed E-state index contributed by atoms with van der Waals surface area (Å²) < 4.78 is 5.42. The summed E-state index contributed by atoms with van der Waals surface area (Å²) >= 11 is 0. The van der Waals surface area contributed by atoms with Crippen LogP contribution in [0.3, 0.4) is 0 Å². The second-order valence-electron chi connectivity index (χ2n) is 8.38. The highest BCUT2D eigenvalue weighted by Crippen LogP contribution is 2.36. The quantitative estimate of drug-likeness (QED) is 0.702. The number of methoxy groups -OCH3 is 1. The Hall–Kier alpha value is -2.04. The topological polar surface area (TPSA) is 41.6 Å². The molecule has 2 aliphatic rings. The van der Waals surface area contributed by atoms with E-state index in [4.69, 9.17) is 4.74 Å². The zero-order chi connectivity index (χ0) is 20.2.